The zero-order valence-corrected chi connectivity index (χ0v) is 15.1. The van der Waals surface area contributed by atoms with E-state index < -0.39 is 15.9 Å². The number of benzene rings is 1. The second kappa shape index (κ2) is 8.96. The summed E-state index contributed by atoms with van der Waals surface area (Å²) in [7, 11) is -3.53. The molecule has 1 aromatic carbocycles. The van der Waals surface area contributed by atoms with Crippen molar-refractivity contribution in [2.45, 2.75) is 19.8 Å². The van der Waals surface area contributed by atoms with Gasteiger partial charge in [0.25, 0.3) is 5.91 Å². The van der Waals surface area contributed by atoms with Crippen molar-refractivity contribution in [3.63, 3.8) is 0 Å². The molecule has 7 nitrogen and oxygen atoms in total. The van der Waals surface area contributed by atoms with Gasteiger partial charge in [-0.3, -0.25) is 9.59 Å². The van der Waals surface area contributed by atoms with Crippen molar-refractivity contribution in [2.75, 3.05) is 32.0 Å². The predicted octanol–water partition coefficient (Wildman–Crippen LogP) is 1.02. The zero-order valence-electron chi connectivity index (χ0n) is 14.3. The molecule has 0 aliphatic carbocycles. The second-order valence-corrected chi connectivity index (χ2v) is 7.98. The molecule has 1 aromatic rings. The van der Waals surface area contributed by atoms with E-state index in [2.05, 4.69) is 5.32 Å². The summed E-state index contributed by atoms with van der Waals surface area (Å²) in [5.41, 5.74) is 0.486. The van der Waals surface area contributed by atoms with Crippen LogP contribution in [0.25, 0.3) is 0 Å². The molecule has 1 aliphatic rings. The van der Waals surface area contributed by atoms with E-state index in [4.69, 9.17) is 4.74 Å². The minimum absolute atomic E-state index is 0.0244. The minimum Gasteiger partial charge on any atom is -0.466 e. The Morgan fingerprint density at radius 1 is 1.28 bits per heavy atom. The lowest BCUT2D eigenvalue weighted by Gasteiger charge is -2.30. The fourth-order valence-corrected chi connectivity index (χ4v) is 4.19. The molecule has 1 amide bonds. The van der Waals surface area contributed by atoms with E-state index in [0.717, 1.165) is 0 Å². The highest BCUT2D eigenvalue weighted by Gasteiger charge is 2.32. The number of nitrogens with one attached hydrogen (secondary N) is 1. The van der Waals surface area contributed by atoms with E-state index in [0.29, 0.717) is 24.9 Å². The van der Waals surface area contributed by atoms with Crippen LogP contribution in [-0.2, 0) is 19.6 Å². The first-order valence-corrected chi connectivity index (χ1v) is 10.0. The van der Waals surface area contributed by atoms with Gasteiger partial charge >= 0.3 is 5.97 Å². The van der Waals surface area contributed by atoms with Gasteiger partial charge in [-0.05, 0) is 31.9 Å². The van der Waals surface area contributed by atoms with E-state index in [1.807, 2.05) is 0 Å². The van der Waals surface area contributed by atoms with Crippen molar-refractivity contribution in [3.8, 4) is 0 Å². The van der Waals surface area contributed by atoms with Crippen LogP contribution in [0.5, 0.6) is 0 Å². The number of piperidine rings is 1. The lowest BCUT2D eigenvalue weighted by atomic mass is 10.0. The first-order chi connectivity index (χ1) is 11.9. The average Bonchev–Trinajstić information content (AvgIpc) is 2.62. The van der Waals surface area contributed by atoms with Crippen LogP contribution in [0.1, 0.15) is 30.1 Å². The Labute approximate surface area is 148 Å². The van der Waals surface area contributed by atoms with Crippen LogP contribution in [-0.4, -0.2) is 56.6 Å². The molecule has 0 spiro atoms. The fourth-order valence-electron chi connectivity index (χ4n) is 2.76. The van der Waals surface area contributed by atoms with Gasteiger partial charge < -0.3 is 10.1 Å². The number of hydrogen-bond donors (Lipinski definition) is 1. The first kappa shape index (κ1) is 19.4. The van der Waals surface area contributed by atoms with Gasteiger partial charge in [-0.2, -0.15) is 0 Å². The lowest BCUT2D eigenvalue weighted by molar-refractivity contribution is -0.149. The quantitative estimate of drug-likeness (QED) is 0.726. The van der Waals surface area contributed by atoms with Crippen LogP contribution in [0, 0.1) is 5.92 Å². The monoisotopic (exact) mass is 368 g/mol. The van der Waals surface area contributed by atoms with Crippen LogP contribution < -0.4 is 5.32 Å². The van der Waals surface area contributed by atoms with E-state index in [9.17, 15) is 18.0 Å². The largest absolute Gasteiger partial charge is 0.466 e. The lowest BCUT2D eigenvalue weighted by Crippen LogP contribution is -2.45. The van der Waals surface area contributed by atoms with Crippen molar-refractivity contribution < 1.29 is 22.7 Å². The van der Waals surface area contributed by atoms with E-state index in [1.165, 1.54) is 4.31 Å². The van der Waals surface area contributed by atoms with Crippen molar-refractivity contribution in [3.05, 3.63) is 35.9 Å². The van der Waals surface area contributed by atoms with Crippen molar-refractivity contribution >= 4 is 21.9 Å². The molecule has 0 unspecified atom stereocenters. The van der Waals surface area contributed by atoms with Crippen molar-refractivity contribution in [2.24, 2.45) is 5.92 Å². The Morgan fingerprint density at radius 2 is 2.00 bits per heavy atom. The summed E-state index contributed by atoms with van der Waals surface area (Å²) < 4.78 is 31.2. The van der Waals surface area contributed by atoms with Gasteiger partial charge in [0.2, 0.25) is 10.0 Å². The molecule has 1 N–H and O–H groups in total. The van der Waals surface area contributed by atoms with E-state index >= 15 is 0 Å². The third-order valence-corrected chi connectivity index (χ3v) is 5.92. The predicted molar refractivity (Wildman–Crippen MR) is 93.5 cm³/mol. The molecule has 138 valence electrons. The Hall–Kier alpha value is -1.93. The number of nitrogens with zero attached hydrogens (tertiary/aromatic N) is 1. The summed E-state index contributed by atoms with van der Waals surface area (Å²) in [6, 6.07) is 8.62. The highest BCUT2D eigenvalue weighted by atomic mass is 32.2. The summed E-state index contributed by atoms with van der Waals surface area (Å²) in [6.07, 6.45) is 1.26. The molecule has 1 saturated heterocycles. The number of rotatable bonds is 7. The molecular weight excluding hydrogens is 344 g/mol. The highest BCUT2D eigenvalue weighted by molar-refractivity contribution is 7.89. The van der Waals surface area contributed by atoms with Gasteiger partial charge in [-0.25, -0.2) is 12.7 Å². The number of amides is 1. The third kappa shape index (κ3) is 5.54. The number of carbonyl (C=O) groups excluding carboxylic acids is 2. The summed E-state index contributed by atoms with van der Waals surface area (Å²) in [5.74, 6) is -1.26. The molecule has 25 heavy (non-hydrogen) atoms. The van der Waals surface area contributed by atoms with Gasteiger partial charge in [0.1, 0.15) is 0 Å². The molecule has 1 atom stereocenters. The normalized spacial score (nSPS) is 18.5. The van der Waals surface area contributed by atoms with Gasteiger partial charge in [0.05, 0.1) is 18.3 Å². The average molecular weight is 368 g/mol. The molecule has 1 heterocycles. The molecule has 8 heteroatoms. The molecule has 0 saturated carbocycles. The fraction of sp³-hybridized carbons (Fsp3) is 0.529. The Morgan fingerprint density at radius 3 is 2.68 bits per heavy atom. The Bertz CT molecular complexity index is 690. The zero-order chi connectivity index (χ0) is 18.3. The summed E-state index contributed by atoms with van der Waals surface area (Å²) in [4.78, 5) is 23.8. The topological polar surface area (TPSA) is 92.8 Å². The van der Waals surface area contributed by atoms with Gasteiger partial charge in [0, 0.05) is 25.2 Å². The molecule has 0 aromatic heterocycles. The SMILES string of the molecule is CCOC(=O)[C@H]1CCCN(S(=O)(=O)CCNC(=O)c2ccccc2)C1. The number of hydrogen-bond acceptors (Lipinski definition) is 5. The molecule has 2 rings (SSSR count). The summed E-state index contributed by atoms with van der Waals surface area (Å²) in [5, 5.41) is 2.61. The number of esters is 1. The van der Waals surface area contributed by atoms with Gasteiger partial charge in [-0.15, -0.1) is 0 Å². The molecule has 1 aliphatic heterocycles. The molecule has 0 bridgehead atoms. The number of sulfonamides is 1. The molecule has 0 radical (unpaired) electrons. The van der Waals surface area contributed by atoms with Gasteiger partial charge in [-0.1, -0.05) is 18.2 Å². The van der Waals surface area contributed by atoms with E-state index in [1.54, 1.807) is 37.3 Å². The van der Waals surface area contributed by atoms with Crippen LogP contribution in [0.15, 0.2) is 30.3 Å². The summed E-state index contributed by atoms with van der Waals surface area (Å²) >= 11 is 0. The Balaban J connectivity index is 1.86. The summed E-state index contributed by atoms with van der Waals surface area (Å²) in [6.45, 7) is 2.58. The number of carbonyl (C=O) groups is 2. The Kier molecular flexibility index (Phi) is 6.95. The maximum atomic E-state index is 12.5. The standard InChI is InChI=1S/C17H24N2O5S/c1-2-24-17(21)15-9-6-11-19(13-15)25(22,23)12-10-18-16(20)14-7-4-3-5-8-14/h3-5,7-8,15H,2,6,9-13H2,1H3,(H,18,20)/t15-/m0/s1. The highest BCUT2D eigenvalue weighted by Crippen LogP contribution is 2.20. The first-order valence-electron chi connectivity index (χ1n) is 8.41. The number of ether oxygens (including phenoxy) is 1. The maximum absolute atomic E-state index is 12.5. The third-order valence-electron chi connectivity index (χ3n) is 4.08. The smallest absolute Gasteiger partial charge is 0.310 e. The van der Waals surface area contributed by atoms with E-state index in [-0.39, 0.29) is 37.3 Å². The maximum Gasteiger partial charge on any atom is 0.310 e. The van der Waals surface area contributed by atoms with Crippen LogP contribution in [0.4, 0.5) is 0 Å². The molecular formula is C17H24N2O5S. The van der Waals surface area contributed by atoms with Crippen molar-refractivity contribution in [1.82, 2.24) is 9.62 Å². The van der Waals surface area contributed by atoms with Crippen LogP contribution >= 0.6 is 0 Å². The van der Waals surface area contributed by atoms with Crippen LogP contribution in [0.3, 0.4) is 0 Å². The second-order valence-electron chi connectivity index (χ2n) is 5.89. The van der Waals surface area contributed by atoms with Crippen LogP contribution in [0.2, 0.25) is 0 Å². The van der Waals surface area contributed by atoms with Gasteiger partial charge in [0.15, 0.2) is 0 Å². The van der Waals surface area contributed by atoms with Crippen molar-refractivity contribution in [1.29, 1.82) is 0 Å². The molecule has 1 fully saturated rings. The minimum atomic E-state index is -3.53.